The molecule has 0 unspecified atom stereocenters. The summed E-state index contributed by atoms with van der Waals surface area (Å²) in [6.07, 6.45) is 7.61. The van der Waals surface area contributed by atoms with Crippen LogP contribution in [0.4, 0.5) is 17.2 Å². The molecule has 0 bridgehead atoms. The largest absolute Gasteiger partial charge is 0.494 e. The highest BCUT2D eigenvalue weighted by Gasteiger charge is 2.27. The Morgan fingerprint density at radius 3 is 2.63 bits per heavy atom. The zero-order valence-electron chi connectivity index (χ0n) is 15.6. The van der Waals surface area contributed by atoms with E-state index in [1.807, 2.05) is 31.3 Å². The molecule has 0 amide bonds. The lowest BCUT2D eigenvalue weighted by Crippen LogP contribution is -2.39. The van der Waals surface area contributed by atoms with E-state index in [1.54, 1.807) is 10.7 Å². The molecule has 0 atom stereocenters. The molecule has 0 saturated heterocycles. The van der Waals surface area contributed by atoms with Crippen molar-refractivity contribution < 1.29 is 4.74 Å². The first-order valence-electron chi connectivity index (χ1n) is 9.53. The maximum absolute atomic E-state index is 6.24. The second-order valence-electron chi connectivity index (χ2n) is 7.02. The summed E-state index contributed by atoms with van der Waals surface area (Å²) in [7, 11) is 0. The van der Waals surface area contributed by atoms with Crippen LogP contribution in [0.2, 0.25) is 0 Å². The van der Waals surface area contributed by atoms with Crippen LogP contribution >= 0.6 is 0 Å². The lowest BCUT2D eigenvalue weighted by Gasteiger charge is -2.37. The van der Waals surface area contributed by atoms with Gasteiger partial charge in [0.05, 0.1) is 12.3 Å². The predicted molar refractivity (Wildman–Crippen MR) is 107 cm³/mol. The average Bonchev–Trinajstić information content (AvgIpc) is 3.15. The summed E-state index contributed by atoms with van der Waals surface area (Å²) in [5.74, 6) is 1.69. The van der Waals surface area contributed by atoms with Crippen LogP contribution in [0, 0.1) is 0 Å². The number of aromatic nitrogens is 3. The van der Waals surface area contributed by atoms with Crippen LogP contribution in [-0.2, 0) is 0 Å². The molecule has 0 radical (unpaired) electrons. The first-order chi connectivity index (χ1) is 13.2. The zero-order valence-corrected chi connectivity index (χ0v) is 15.6. The van der Waals surface area contributed by atoms with Crippen molar-refractivity contribution in [2.24, 2.45) is 5.73 Å². The Kier molecular flexibility index (Phi) is 4.85. The summed E-state index contributed by atoms with van der Waals surface area (Å²) in [6.45, 7) is 2.64. The van der Waals surface area contributed by atoms with E-state index >= 15 is 0 Å². The quantitative estimate of drug-likeness (QED) is 0.720. The predicted octanol–water partition coefficient (Wildman–Crippen LogP) is 3.12. The molecule has 3 aromatic rings. The molecule has 2 aromatic heterocycles. The monoisotopic (exact) mass is 366 g/mol. The first kappa shape index (κ1) is 17.6. The number of hydrogen-bond acceptors (Lipinski definition) is 6. The van der Waals surface area contributed by atoms with Crippen molar-refractivity contribution in [2.75, 3.05) is 17.2 Å². The Morgan fingerprint density at radius 2 is 1.93 bits per heavy atom. The average molecular weight is 366 g/mol. The van der Waals surface area contributed by atoms with Gasteiger partial charge in [0.15, 0.2) is 11.5 Å². The fraction of sp³-hybridized carbons (Fsp3) is 0.400. The standard InChI is InChI=1S/C20H26N6O/c1-2-27-17-9-7-16(8-10-17)26(15-5-3-14(21)4-6-15)19-13-18(22)20-23-11-12-25(20)24-19/h7-15H,2-6,21-22H2,1H3. The minimum absolute atomic E-state index is 0.289. The maximum atomic E-state index is 6.24. The molecule has 4 N–H and O–H groups in total. The van der Waals surface area contributed by atoms with E-state index in [4.69, 9.17) is 21.3 Å². The second kappa shape index (κ2) is 7.44. The molecular formula is C20H26N6O. The number of nitrogens with two attached hydrogens (primary N) is 2. The van der Waals surface area contributed by atoms with E-state index in [2.05, 4.69) is 22.0 Å². The van der Waals surface area contributed by atoms with Gasteiger partial charge in [0, 0.05) is 36.2 Å². The topological polar surface area (TPSA) is 94.7 Å². The molecule has 27 heavy (non-hydrogen) atoms. The fourth-order valence-electron chi connectivity index (χ4n) is 3.80. The summed E-state index contributed by atoms with van der Waals surface area (Å²) in [4.78, 5) is 6.55. The highest BCUT2D eigenvalue weighted by atomic mass is 16.5. The van der Waals surface area contributed by atoms with Crippen molar-refractivity contribution in [3.63, 3.8) is 0 Å². The number of imidazole rings is 1. The third kappa shape index (κ3) is 3.55. The number of nitrogens with zero attached hydrogens (tertiary/aromatic N) is 4. The van der Waals surface area contributed by atoms with Gasteiger partial charge in [-0.1, -0.05) is 0 Å². The molecule has 142 valence electrons. The Balaban J connectivity index is 1.74. The van der Waals surface area contributed by atoms with E-state index in [0.717, 1.165) is 42.9 Å². The maximum Gasteiger partial charge on any atom is 0.176 e. The number of benzene rings is 1. The van der Waals surface area contributed by atoms with Crippen molar-refractivity contribution in [1.82, 2.24) is 14.6 Å². The number of fused-ring (bicyclic) bond motifs is 1. The molecule has 1 fully saturated rings. The number of ether oxygens (including phenoxy) is 1. The molecule has 1 aliphatic rings. The van der Waals surface area contributed by atoms with Crippen molar-refractivity contribution in [1.29, 1.82) is 0 Å². The Bertz CT molecular complexity index is 898. The summed E-state index contributed by atoms with van der Waals surface area (Å²) in [5.41, 5.74) is 14.7. The summed E-state index contributed by atoms with van der Waals surface area (Å²) < 4.78 is 7.33. The minimum atomic E-state index is 0.289. The minimum Gasteiger partial charge on any atom is -0.494 e. The fourth-order valence-corrected chi connectivity index (χ4v) is 3.80. The first-order valence-corrected chi connectivity index (χ1v) is 9.53. The number of hydrogen-bond donors (Lipinski definition) is 2. The van der Waals surface area contributed by atoms with E-state index in [9.17, 15) is 0 Å². The smallest absolute Gasteiger partial charge is 0.176 e. The molecule has 0 spiro atoms. The van der Waals surface area contributed by atoms with Crippen molar-refractivity contribution in [3.8, 4) is 5.75 Å². The van der Waals surface area contributed by atoms with E-state index in [-0.39, 0.29) is 6.04 Å². The molecule has 1 aromatic carbocycles. The third-order valence-electron chi connectivity index (χ3n) is 5.15. The Hall–Kier alpha value is -2.80. The molecule has 1 aliphatic carbocycles. The van der Waals surface area contributed by atoms with Gasteiger partial charge in [-0.15, -0.1) is 5.10 Å². The van der Waals surface area contributed by atoms with E-state index in [0.29, 0.717) is 24.0 Å². The Labute approximate surface area is 158 Å². The van der Waals surface area contributed by atoms with Crippen molar-refractivity contribution in [2.45, 2.75) is 44.7 Å². The van der Waals surface area contributed by atoms with Gasteiger partial charge in [-0.05, 0) is 56.9 Å². The van der Waals surface area contributed by atoms with Crippen LogP contribution in [0.15, 0.2) is 42.7 Å². The molecule has 4 rings (SSSR count). The van der Waals surface area contributed by atoms with E-state index < -0.39 is 0 Å². The molecule has 2 heterocycles. The van der Waals surface area contributed by atoms with Gasteiger partial charge in [0.1, 0.15) is 5.75 Å². The lowest BCUT2D eigenvalue weighted by atomic mass is 9.90. The van der Waals surface area contributed by atoms with Gasteiger partial charge in [-0.2, -0.15) is 0 Å². The third-order valence-corrected chi connectivity index (χ3v) is 5.15. The SMILES string of the molecule is CCOc1ccc(N(c2cc(N)c3nccn3n2)C2CCC(N)CC2)cc1. The van der Waals surface area contributed by atoms with Gasteiger partial charge in [-0.3, -0.25) is 0 Å². The molecule has 7 nitrogen and oxygen atoms in total. The molecule has 0 aliphatic heterocycles. The molecule has 7 heteroatoms. The van der Waals surface area contributed by atoms with Crippen LogP contribution in [-0.4, -0.2) is 33.3 Å². The van der Waals surface area contributed by atoms with Gasteiger partial charge >= 0.3 is 0 Å². The van der Waals surface area contributed by atoms with Gasteiger partial charge in [0.25, 0.3) is 0 Å². The number of nitrogen functional groups attached to an aromatic ring is 1. The van der Waals surface area contributed by atoms with E-state index in [1.165, 1.54) is 0 Å². The van der Waals surface area contributed by atoms with Crippen LogP contribution in [0.3, 0.4) is 0 Å². The molecular weight excluding hydrogens is 340 g/mol. The lowest BCUT2D eigenvalue weighted by molar-refractivity contribution is 0.340. The Morgan fingerprint density at radius 1 is 1.19 bits per heavy atom. The van der Waals surface area contributed by atoms with Gasteiger partial charge in [-0.25, -0.2) is 9.50 Å². The van der Waals surface area contributed by atoms with Gasteiger partial charge in [0.2, 0.25) is 0 Å². The molecule has 1 saturated carbocycles. The van der Waals surface area contributed by atoms with Crippen LogP contribution < -0.4 is 21.1 Å². The summed E-state index contributed by atoms with van der Waals surface area (Å²) in [6, 6.07) is 10.7. The van der Waals surface area contributed by atoms with Gasteiger partial charge < -0.3 is 21.1 Å². The normalized spacial score (nSPS) is 19.9. The number of rotatable bonds is 5. The van der Waals surface area contributed by atoms with Crippen molar-refractivity contribution >= 4 is 22.8 Å². The highest BCUT2D eigenvalue weighted by Crippen LogP contribution is 2.34. The summed E-state index contributed by atoms with van der Waals surface area (Å²) in [5, 5.41) is 4.76. The summed E-state index contributed by atoms with van der Waals surface area (Å²) >= 11 is 0. The second-order valence-corrected chi connectivity index (χ2v) is 7.02. The zero-order chi connectivity index (χ0) is 18.8. The van der Waals surface area contributed by atoms with Crippen molar-refractivity contribution in [3.05, 3.63) is 42.7 Å². The highest BCUT2D eigenvalue weighted by molar-refractivity contribution is 5.71. The van der Waals surface area contributed by atoms with Crippen LogP contribution in [0.1, 0.15) is 32.6 Å². The van der Waals surface area contributed by atoms with Crippen LogP contribution in [0.5, 0.6) is 5.75 Å². The van der Waals surface area contributed by atoms with Crippen LogP contribution in [0.25, 0.3) is 5.65 Å². The number of anilines is 3.